The molecule has 5 heteroatoms. The zero-order valence-corrected chi connectivity index (χ0v) is 11.2. The van der Waals surface area contributed by atoms with E-state index >= 15 is 0 Å². The minimum atomic E-state index is -0.885. The molecular formula is C14H17N3O2. The van der Waals surface area contributed by atoms with Crippen molar-refractivity contribution in [3.05, 3.63) is 30.0 Å². The highest BCUT2D eigenvalue weighted by Crippen LogP contribution is 2.18. The molecule has 100 valence electrons. The number of para-hydroxylation sites is 2. The van der Waals surface area contributed by atoms with Gasteiger partial charge >= 0.3 is 5.97 Å². The van der Waals surface area contributed by atoms with Gasteiger partial charge in [-0.2, -0.15) is 0 Å². The molecule has 0 unspecified atom stereocenters. The Bertz CT molecular complexity index is 611. The zero-order valence-electron chi connectivity index (χ0n) is 11.2. The maximum Gasteiger partial charge on any atom is 0.326 e. The second kappa shape index (κ2) is 5.22. The van der Waals surface area contributed by atoms with Gasteiger partial charge in [-0.15, -0.1) is 0 Å². The quantitative estimate of drug-likeness (QED) is 0.882. The number of hydrogen-bond donors (Lipinski definition) is 2. The molecule has 5 nitrogen and oxygen atoms in total. The van der Waals surface area contributed by atoms with E-state index in [0.717, 1.165) is 11.0 Å². The molecule has 0 aliphatic carbocycles. The summed E-state index contributed by atoms with van der Waals surface area (Å²) in [4.78, 5) is 20.1. The minimum Gasteiger partial charge on any atom is -0.480 e. The number of nitrogens with one attached hydrogen (secondary N) is 1. The van der Waals surface area contributed by atoms with Crippen molar-refractivity contribution in [2.24, 2.45) is 5.92 Å². The van der Waals surface area contributed by atoms with E-state index in [1.165, 1.54) is 0 Å². The van der Waals surface area contributed by atoms with Gasteiger partial charge in [0, 0.05) is 0 Å². The molecule has 1 heterocycles. The monoisotopic (exact) mass is 259 g/mol. The fourth-order valence-corrected chi connectivity index (χ4v) is 1.89. The summed E-state index contributed by atoms with van der Waals surface area (Å²) < 4.78 is 0. The van der Waals surface area contributed by atoms with E-state index in [4.69, 9.17) is 0 Å². The number of fused-ring (bicyclic) bond motifs is 1. The molecule has 0 saturated carbocycles. The summed E-state index contributed by atoms with van der Waals surface area (Å²) in [5, 5.41) is 12.2. The van der Waals surface area contributed by atoms with E-state index in [0.29, 0.717) is 11.5 Å². The molecule has 0 aliphatic heterocycles. The van der Waals surface area contributed by atoms with Gasteiger partial charge in [0.15, 0.2) is 0 Å². The standard InChI is InChI=1S/C14H17N3O2/c1-8(2)12(14(18)19)17-13-9(3)15-10-6-4-5-7-11(10)16-13/h4-8,12H,1-3H3,(H,16,17)(H,18,19)/t12-/m0/s1. The number of aryl methyl sites for hydroxylation is 1. The number of rotatable bonds is 4. The topological polar surface area (TPSA) is 75.1 Å². The number of aromatic nitrogens is 2. The Hall–Kier alpha value is -2.17. The molecule has 0 radical (unpaired) electrons. The van der Waals surface area contributed by atoms with Gasteiger partial charge in [0.2, 0.25) is 0 Å². The number of anilines is 1. The van der Waals surface area contributed by atoms with Crippen molar-refractivity contribution >= 4 is 22.8 Å². The van der Waals surface area contributed by atoms with Crippen molar-refractivity contribution in [2.75, 3.05) is 5.32 Å². The third-order valence-electron chi connectivity index (χ3n) is 2.97. The highest BCUT2D eigenvalue weighted by molar-refractivity contribution is 5.80. The molecule has 1 aromatic heterocycles. The van der Waals surface area contributed by atoms with E-state index in [1.807, 2.05) is 45.0 Å². The van der Waals surface area contributed by atoms with Gasteiger partial charge in [-0.25, -0.2) is 14.8 Å². The van der Waals surface area contributed by atoms with Crippen LogP contribution in [0, 0.1) is 12.8 Å². The first kappa shape index (κ1) is 13.3. The van der Waals surface area contributed by atoms with E-state index in [2.05, 4.69) is 15.3 Å². The van der Waals surface area contributed by atoms with Crippen LogP contribution in [0.3, 0.4) is 0 Å². The summed E-state index contributed by atoms with van der Waals surface area (Å²) >= 11 is 0. The Morgan fingerprint density at radius 3 is 2.32 bits per heavy atom. The van der Waals surface area contributed by atoms with E-state index in [-0.39, 0.29) is 5.92 Å². The van der Waals surface area contributed by atoms with Gasteiger partial charge in [-0.05, 0) is 25.0 Å². The van der Waals surface area contributed by atoms with E-state index in [1.54, 1.807) is 0 Å². The summed E-state index contributed by atoms with van der Waals surface area (Å²) in [6, 6.07) is 6.86. The fourth-order valence-electron chi connectivity index (χ4n) is 1.89. The van der Waals surface area contributed by atoms with Crippen LogP contribution < -0.4 is 5.32 Å². The van der Waals surface area contributed by atoms with Crippen LogP contribution in [0.2, 0.25) is 0 Å². The van der Waals surface area contributed by atoms with Crippen LogP contribution in [0.5, 0.6) is 0 Å². The van der Waals surface area contributed by atoms with Gasteiger partial charge < -0.3 is 10.4 Å². The number of carbonyl (C=O) groups is 1. The third-order valence-corrected chi connectivity index (χ3v) is 2.97. The van der Waals surface area contributed by atoms with Crippen LogP contribution >= 0.6 is 0 Å². The highest BCUT2D eigenvalue weighted by atomic mass is 16.4. The van der Waals surface area contributed by atoms with E-state index in [9.17, 15) is 9.90 Å². The zero-order chi connectivity index (χ0) is 14.0. The van der Waals surface area contributed by atoms with Crippen LogP contribution in [0.1, 0.15) is 19.5 Å². The molecule has 0 fully saturated rings. The highest BCUT2D eigenvalue weighted by Gasteiger charge is 2.22. The Morgan fingerprint density at radius 1 is 1.21 bits per heavy atom. The van der Waals surface area contributed by atoms with Crippen LogP contribution in [-0.2, 0) is 4.79 Å². The van der Waals surface area contributed by atoms with Gasteiger partial charge in [0.25, 0.3) is 0 Å². The SMILES string of the molecule is Cc1nc2ccccc2nc1N[C@H](C(=O)O)C(C)C. The average Bonchev–Trinajstić information content (AvgIpc) is 2.35. The lowest BCUT2D eigenvalue weighted by Gasteiger charge is -2.19. The first-order chi connectivity index (χ1) is 8.99. The number of nitrogens with zero attached hydrogens (tertiary/aromatic N) is 2. The van der Waals surface area contributed by atoms with Crippen LogP contribution in [-0.4, -0.2) is 27.1 Å². The van der Waals surface area contributed by atoms with Crippen molar-refractivity contribution in [3.63, 3.8) is 0 Å². The molecule has 2 rings (SSSR count). The minimum absolute atomic E-state index is 0.0369. The van der Waals surface area contributed by atoms with Gasteiger partial charge in [0.05, 0.1) is 16.7 Å². The number of carboxylic acid groups (broad SMARTS) is 1. The van der Waals surface area contributed by atoms with Gasteiger partial charge in [-0.3, -0.25) is 0 Å². The maximum atomic E-state index is 11.2. The molecule has 0 saturated heterocycles. The summed E-state index contributed by atoms with van der Waals surface area (Å²) in [5.74, 6) is -0.394. The smallest absolute Gasteiger partial charge is 0.326 e. The number of benzene rings is 1. The first-order valence-corrected chi connectivity index (χ1v) is 6.21. The molecule has 0 aliphatic rings. The third kappa shape index (κ3) is 2.81. The van der Waals surface area contributed by atoms with Crippen molar-refractivity contribution in [3.8, 4) is 0 Å². The van der Waals surface area contributed by atoms with Crippen LogP contribution in [0.25, 0.3) is 11.0 Å². The molecule has 2 N–H and O–H groups in total. The fraction of sp³-hybridized carbons (Fsp3) is 0.357. The molecule has 19 heavy (non-hydrogen) atoms. The van der Waals surface area contributed by atoms with Gasteiger partial charge in [0.1, 0.15) is 11.9 Å². The molecule has 2 aromatic rings. The number of hydrogen-bond acceptors (Lipinski definition) is 4. The Kier molecular flexibility index (Phi) is 3.64. The summed E-state index contributed by atoms with van der Waals surface area (Å²) in [6.45, 7) is 5.53. The molecular weight excluding hydrogens is 242 g/mol. The van der Waals surface area contributed by atoms with E-state index < -0.39 is 12.0 Å². The van der Waals surface area contributed by atoms with Crippen molar-refractivity contribution in [1.82, 2.24) is 9.97 Å². The van der Waals surface area contributed by atoms with Crippen molar-refractivity contribution in [2.45, 2.75) is 26.8 Å². The Balaban J connectivity index is 2.39. The van der Waals surface area contributed by atoms with Crippen LogP contribution in [0.4, 0.5) is 5.82 Å². The number of aliphatic carboxylic acids is 1. The first-order valence-electron chi connectivity index (χ1n) is 6.21. The normalized spacial score (nSPS) is 12.6. The predicted octanol–water partition coefficient (Wildman–Crippen LogP) is 2.46. The average molecular weight is 259 g/mol. The maximum absolute atomic E-state index is 11.2. The summed E-state index contributed by atoms with van der Waals surface area (Å²) in [5.41, 5.74) is 2.26. The molecule has 1 atom stereocenters. The molecule has 0 amide bonds. The molecule has 0 bridgehead atoms. The second-order valence-electron chi connectivity index (χ2n) is 4.85. The lowest BCUT2D eigenvalue weighted by atomic mass is 10.0. The molecule has 1 aromatic carbocycles. The predicted molar refractivity (Wildman–Crippen MR) is 74.2 cm³/mol. The summed E-state index contributed by atoms with van der Waals surface area (Å²) in [7, 11) is 0. The Morgan fingerprint density at radius 2 is 1.79 bits per heavy atom. The largest absolute Gasteiger partial charge is 0.480 e. The summed E-state index contributed by atoms with van der Waals surface area (Å²) in [6.07, 6.45) is 0. The molecule has 0 spiro atoms. The lowest BCUT2D eigenvalue weighted by molar-refractivity contribution is -0.138. The lowest BCUT2D eigenvalue weighted by Crippen LogP contribution is -2.35. The second-order valence-corrected chi connectivity index (χ2v) is 4.85. The van der Waals surface area contributed by atoms with Crippen molar-refractivity contribution < 1.29 is 9.90 Å². The van der Waals surface area contributed by atoms with Crippen LogP contribution in [0.15, 0.2) is 24.3 Å². The number of carboxylic acids is 1. The van der Waals surface area contributed by atoms with Crippen molar-refractivity contribution in [1.29, 1.82) is 0 Å². The van der Waals surface area contributed by atoms with Gasteiger partial charge in [-0.1, -0.05) is 26.0 Å². The Labute approximate surface area is 111 Å².